The Labute approximate surface area is 262 Å². The molecule has 4 rings (SSSR count). The number of nitrogens with one attached hydrogen (secondary N) is 1. The van der Waals surface area contributed by atoms with Gasteiger partial charge in [-0.3, -0.25) is 9.59 Å². The third-order valence-electron chi connectivity index (χ3n) is 5.33. The summed E-state index contributed by atoms with van der Waals surface area (Å²) in [5.74, 6) is -0.179. The van der Waals surface area contributed by atoms with Crippen LogP contribution in [0.5, 0.6) is 0 Å². The number of amides is 2. The number of carbonyl (C=O) groups excluding carboxylic acids is 2. The largest absolute Gasteiger partial charge is 0.344 e. The highest BCUT2D eigenvalue weighted by Crippen LogP contribution is 2.24. The molecule has 12 nitrogen and oxygen atoms in total. The summed E-state index contributed by atoms with van der Waals surface area (Å²) in [6.45, 7) is 1.34. The molecule has 2 saturated heterocycles. The minimum absolute atomic E-state index is 0. The van der Waals surface area contributed by atoms with Gasteiger partial charge in [-0.05, 0) is 25.0 Å². The van der Waals surface area contributed by atoms with Gasteiger partial charge in [-0.25, -0.2) is 26.8 Å². The number of nitrogens with two attached hydrogens (primary N) is 1. The first-order valence-electron chi connectivity index (χ1n) is 10.8. The smallest absolute Gasteiger partial charge is 0.262 e. The van der Waals surface area contributed by atoms with Gasteiger partial charge in [0.05, 0.1) is 16.1 Å². The fourth-order valence-corrected chi connectivity index (χ4v) is 5.68. The lowest BCUT2D eigenvalue weighted by atomic mass is 10.3. The topological polar surface area (TPSA) is 173 Å². The number of rotatable bonds is 4. The second-order valence-electron chi connectivity index (χ2n) is 8.20. The average Bonchev–Trinajstić information content (AvgIpc) is 3.32. The number of hydrogen-bond donors (Lipinski definition) is 2. The first-order valence-corrected chi connectivity index (χ1v) is 16.1. The SMILES string of the molecule is CN1CC[C@@H](N)C1=O.CN1CC[C@@H](NS(=O)(=O)c2cnc(Cl)c(Cl)c2)C1=O.Cl.O=S(=O)(Cl)c1cnc(Cl)c(Cl)c1. The number of carbonyl (C=O) groups is 2. The number of likely N-dealkylation sites (tertiary alicyclic amines) is 2. The Balaban J connectivity index is 0.000000326. The van der Waals surface area contributed by atoms with Crippen LogP contribution < -0.4 is 10.5 Å². The van der Waals surface area contributed by atoms with Crippen LogP contribution in [0.2, 0.25) is 20.4 Å². The van der Waals surface area contributed by atoms with Gasteiger partial charge in [0.2, 0.25) is 21.8 Å². The van der Waals surface area contributed by atoms with E-state index in [1.54, 1.807) is 19.0 Å². The zero-order valence-corrected chi connectivity index (χ0v) is 27.0. The van der Waals surface area contributed by atoms with E-state index in [9.17, 15) is 26.4 Å². The highest BCUT2D eigenvalue weighted by atomic mass is 35.7. The summed E-state index contributed by atoms with van der Waals surface area (Å²) in [6, 6.07) is 1.37. The van der Waals surface area contributed by atoms with Crippen LogP contribution in [0.1, 0.15) is 12.8 Å². The number of likely N-dealkylation sites (N-methyl/N-ethyl adjacent to an activating group) is 2. The van der Waals surface area contributed by atoms with Crippen molar-refractivity contribution in [2.45, 2.75) is 34.7 Å². The van der Waals surface area contributed by atoms with E-state index in [0.29, 0.717) is 13.0 Å². The monoisotopic (exact) mass is 718 g/mol. The molecule has 224 valence electrons. The average molecular weight is 721 g/mol. The van der Waals surface area contributed by atoms with Crippen LogP contribution in [-0.2, 0) is 28.7 Å². The Morgan fingerprint density at radius 1 is 0.850 bits per heavy atom. The molecule has 0 bridgehead atoms. The van der Waals surface area contributed by atoms with Gasteiger partial charge in [0.25, 0.3) is 9.05 Å². The maximum absolute atomic E-state index is 12.1. The summed E-state index contributed by atoms with van der Waals surface area (Å²) in [4.78, 5) is 32.4. The third-order valence-corrected chi connectivity index (χ3v) is 9.46. The standard InChI is InChI=1S/C10H11Cl2N3O3S.C5H2Cl3NO2S.C5H10N2O.ClH/c1-15-3-2-8(10(15)16)14-19(17,18)6-4-7(11)9(12)13-5-6;6-4-1-3(12(8,10)11)2-9-5(4)7;1-7-3-2-4(6)5(7)8;/h4-5,8,14H,2-3H2,1H3;1-2H;4H,2-3,6H2,1H3;1H/t8-;;4-;/m1.1./s1. The lowest BCUT2D eigenvalue weighted by molar-refractivity contribution is -0.128. The van der Waals surface area contributed by atoms with Crippen LogP contribution in [0.25, 0.3) is 0 Å². The normalized spacial score (nSPS) is 18.9. The van der Waals surface area contributed by atoms with Gasteiger partial charge in [0.15, 0.2) is 0 Å². The van der Waals surface area contributed by atoms with Gasteiger partial charge < -0.3 is 15.5 Å². The molecule has 0 aromatic carbocycles. The van der Waals surface area contributed by atoms with Crippen molar-refractivity contribution in [1.82, 2.24) is 24.5 Å². The molecule has 3 N–H and O–H groups in total. The van der Waals surface area contributed by atoms with Crippen molar-refractivity contribution in [3.8, 4) is 0 Å². The van der Waals surface area contributed by atoms with E-state index >= 15 is 0 Å². The highest BCUT2D eigenvalue weighted by Gasteiger charge is 2.33. The number of aromatic nitrogens is 2. The molecule has 40 heavy (non-hydrogen) atoms. The Kier molecular flexibility index (Phi) is 14.1. The van der Waals surface area contributed by atoms with Crippen molar-refractivity contribution < 1.29 is 26.4 Å². The molecule has 2 fully saturated rings. The Morgan fingerprint density at radius 3 is 1.65 bits per heavy atom. The molecule has 4 heterocycles. The van der Waals surface area contributed by atoms with E-state index < -0.39 is 25.1 Å². The zero-order chi connectivity index (χ0) is 29.7. The summed E-state index contributed by atoms with van der Waals surface area (Å²) in [5.41, 5.74) is 5.38. The molecular weight excluding hydrogens is 697 g/mol. The van der Waals surface area contributed by atoms with E-state index in [1.807, 2.05) is 0 Å². The number of pyridine rings is 2. The van der Waals surface area contributed by atoms with E-state index in [2.05, 4.69) is 14.7 Å². The Morgan fingerprint density at radius 2 is 1.30 bits per heavy atom. The number of sulfonamides is 1. The Hall–Kier alpha value is -1.20. The second kappa shape index (κ2) is 15.3. The van der Waals surface area contributed by atoms with Crippen molar-refractivity contribution in [2.75, 3.05) is 27.2 Å². The van der Waals surface area contributed by atoms with Crippen molar-refractivity contribution in [2.24, 2.45) is 5.73 Å². The summed E-state index contributed by atoms with van der Waals surface area (Å²) in [7, 11) is 0.791. The number of hydrogen-bond acceptors (Lipinski definition) is 9. The van der Waals surface area contributed by atoms with Crippen LogP contribution in [0, 0.1) is 0 Å². The quantitative estimate of drug-likeness (QED) is 0.356. The van der Waals surface area contributed by atoms with Crippen LogP contribution >= 0.6 is 69.5 Å². The summed E-state index contributed by atoms with van der Waals surface area (Å²) in [6.07, 6.45) is 3.38. The van der Waals surface area contributed by atoms with E-state index in [4.69, 9.17) is 62.8 Å². The van der Waals surface area contributed by atoms with Crippen LogP contribution in [0.3, 0.4) is 0 Å². The van der Waals surface area contributed by atoms with Crippen molar-refractivity contribution >= 4 is 100 Å². The molecule has 2 aliphatic heterocycles. The molecule has 2 amide bonds. The first-order chi connectivity index (χ1) is 17.9. The maximum atomic E-state index is 12.1. The van der Waals surface area contributed by atoms with Gasteiger partial charge in [0.1, 0.15) is 26.1 Å². The molecule has 2 aromatic rings. The predicted molar refractivity (Wildman–Crippen MR) is 155 cm³/mol. The molecule has 2 aliphatic rings. The second-order valence-corrected chi connectivity index (χ2v) is 14.0. The Bertz CT molecular complexity index is 1440. The van der Waals surface area contributed by atoms with Crippen LogP contribution in [-0.4, -0.2) is 87.7 Å². The molecular formula is C20H24Cl6N6O6S2. The van der Waals surface area contributed by atoms with Gasteiger partial charge in [0, 0.05) is 50.3 Å². The van der Waals surface area contributed by atoms with E-state index in [0.717, 1.165) is 31.4 Å². The van der Waals surface area contributed by atoms with Crippen molar-refractivity contribution in [1.29, 1.82) is 0 Å². The fourth-order valence-electron chi connectivity index (χ4n) is 3.12. The highest BCUT2D eigenvalue weighted by molar-refractivity contribution is 8.13. The summed E-state index contributed by atoms with van der Waals surface area (Å²) >= 11 is 22.3. The van der Waals surface area contributed by atoms with Crippen molar-refractivity contribution in [3.05, 3.63) is 44.9 Å². The van der Waals surface area contributed by atoms with E-state index in [1.165, 1.54) is 11.0 Å². The minimum atomic E-state index is -3.84. The summed E-state index contributed by atoms with van der Waals surface area (Å²) < 4.78 is 47.9. The lowest BCUT2D eigenvalue weighted by Crippen LogP contribution is -2.40. The van der Waals surface area contributed by atoms with Gasteiger partial charge in [-0.2, -0.15) is 4.72 Å². The fraction of sp³-hybridized carbons (Fsp3) is 0.400. The maximum Gasteiger partial charge on any atom is 0.262 e. The summed E-state index contributed by atoms with van der Waals surface area (Å²) in [5, 5.41) is 0.163. The van der Waals surface area contributed by atoms with Gasteiger partial charge >= 0.3 is 0 Å². The van der Waals surface area contributed by atoms with Crippen molar-refractivity contribution in [3.63, 3.8) is 0 Å². The molecule has 2 atom stereocenters. The minimum Gasteiger partial charge on any atom is -0.344 e. The predicted octanol–water partition coefficient (Wildman–Crippen LogP) is 2.81. The van der Waals surface area contributed by atoms with Crippen LogP contribution in [0.4, 0.5) is 0 Å². The lowest BCUT2D eigenvalue weighted by Gasteiger charge is -2.12. The molecule has 20 heteroatoms. The van der Waals surface area contributed by atoms with Gasteiger partial charge in [-0.1, -0.05) is 46.4 Å². The third kappa shape index (κ3) is 10.3. The first kappa shape index (κ1) is 36.8. The molecule has 2 aromatic heterocycles. The molecule has 0 radical (unpaired) electrons. The van der Waals surface area contributed by atoms with Crippen LogP contribution in [0.15, 0.2) is 34.3 Å². The number of nitrogens with zero attached hydrogens (tertiary/aromatic N) is 4. The molecule has 0 unspecified atom stereocenters. The van der Waals surface area contributed by atoms with E-state index in [-0.39, 0.29) is 60.4 Å². The van der Waals surface area contributed by atoms with Gasteiger partial charge in [-0.15, -0.1) is 12.4 Å². The molecule has 0 saturated carbocycles. The zero-order valence-electron chi connectivity index (χ0n) is 20.7. The molecule has 0 spiro atoms. The number of halogens is 6. The molecule has 0 aliphatic carbocycles.